The molecule has 1 saturated heterocycles. The molecule has 14 heavy (non-hydrogen) atoms. The number of hydrogen-bond acceptors (Lipinski definition) is 3. The van der Waals surface area contributed by atoms with Gasteiger partial charge < -0.3 is 9.31 Å². The van der Waals surface area contributed by atoms with Crippen molar-refractivity contribution in [3.8, 4) is 0 Å². The van der Waals surface area contributed by atoms with Crippen molar-refractivity contribution in [1.82, 2.24) is 4.98 Å². The van der Waals surface area contributed by atoms with E-state index >= 15 is 0 Å². The van der Waals surface area contributed by atoms with Gasteiger partial charge in [0.25, 0.3) is 0 Å². The van der Waals surface area contributed by atoms with E-state index < -0.39 is 13.1 Å². The first-order valence-corrected chi connectivity index (χ1v) is 4.00. The van der Waals surface area contributed by atoms with Gasteiger partial charge >= 0.3 is 7.12 Å². The van der Waals surface area contributed by atoms with Gasteiger partial charge in [-0.1, -0.05) is 19.2 Å². The monoisotopic (exact) mass is 191 g/mol. The van der Waals surface area contributed by atoms with Gasteiger partial charge in [-0.15, -0.1) is 0 Å². The summed E-state index contributed by atoms with van der Waals surface area (Å²) in [5, 5.41) is 0. The minimum absolute atomic E-state index is 0.243. The Morgan fingerprint density at radius 3 is 2.50 bits per heavy atom. The molecule has 1 aromatic heterocycles. The van der Waals surface area contributed by atoms with E-state index in [1.807, 2.05) is 0 Å². The summed E-state index contributed by atoms with van der Waals surface area (Å²) in [6, 6.07) is 3.15. The smallest absolute Gasteiger partial charge is 0.520 e. The first kappa shape index (κ1) is 8.81. The average molecular weight is 191 g/mol. The zero-order valence-electron chi connectivity index (χ0n) is 7.37. The molecule has 0 unspecified atom stereocenters. The van der Waals surface area contributed by atoms with Crippen molar-refractivity contribution in [3.05, 3.63) is 49.0 Å². The van der Waals surface area contributed by atoms with E-state index in [1.54, 1.807) is 12.1 Å². The minimum Gasteiger partial charge on any atom is -0.520 e. The summed E-state index contributed by atoms with van der Waals surface area (Å²) in [7, 11) is -0.816. The Bertz CT molecular complexity index is 392. The first-order valence-electron chi connectivity index (χ1n) is 4.00. The summed E-state index contributed by atoms with van der Waals surface area (Å²) in [5.41, 5.74) is 0.243. The van der Waals surface area contributed by atoms with E-state index in [0.29, 0.717) is 11.5 Å². The fourth-order valence-corrected chi connectivity index (χ4v) is 1.12. The van der Waals surface area contributed by atoms with Crippen LogP contribution in [0.1, 0.15) is 0 Å². The molecule has 0 bridgehead atoms. The molecule has 0 atom stereocenters. The van der Waals surface area contributed by atoms with Crippen LogP contribution in [-0.4, -0.2) is 12.1 Å². The molecular weight excluding hydrogens is 184 g/mol. The predicted molar refractivity (Wildman–Crippen MR) is 50.0 cm³/mol. The highest BCUT2D eigenvalue weighted by Crippen LogP contribution is 2.20. The molecule has 0 aromatic carbocycles. The van der Waals surface area contributed by atoms with Crippen LogP contribution in [0.2, 0.25) is 0 Å². The summed E-state index contributed by atoms with van der Waals surface area (Å²) in [6.45, 7) is 7.10. The van der Waals surface area contributed by atoms with E-state index in [9.17, 15) is 4.39 Å². The van der Waals surface area contributed by atoms with Gasteiger partial charge in [-0.2, -0.15) is 4.39 Å². The lowest BCUT2D eigenvalue weighted by atomic mass is 9.80. The standard InChI is InChI=1S/C9H7BFNO2/c1-6-7(2)14-10(13-6)8-4-3-5-12-9(8)11/h3-5H,1-2H2. The van der Waals surface area contributed by atoms with Gasteiger partial charge in [0.2, 0.25) is 5.95 Å². The Labute approximate surface area is 81.0 Å². The zero-order valence-corrected chi connectivity index (χ0v) is 7.37. The van der Waals surface area contributed by atoms with Crippen molar-refractivity contribution in [2.75, 3.05) is 0 Å². The van der Waals surface area contributed by atoms with Crippen molar-refractivity contribution in [1.29, 1.82) is 0 Å². The highest BCUT2D eigenvalue weighted by atomic mass is 19.1. The summed E-state index contributed by atoms with van der Waals surface area (Å²) >= 11 is 0. The van der Waals surface area contributed by atoms with Crippen LogP contribution in [0.15, 0.2) is 43.0 Å². The van der Waals surface area contributed by atoms with Crippen molar-refractivity contribution in [2.45, 2.75) is 0 Å². The maximum absolute atomic E-state index is 13.2. The summed E-state index contributed by atoms with van der Waals surface area (Å²) in [5.74, 6) is 0.0245. The first-order chi connectivity index (χ1) is 6.68. The van der Waals surface area contributed by atoms with Gasteiger partial charge in [-0.25, -0.2) is 4.98 Å². The van der Waals surface area contributed by atoms with Gasteiger partial charge in [0.15, 0.2) is 0 Å². The maximum Gasteiger partial charge on any atom is 0.637 e. The van der Waals surface area contributed by atoms with Crippen LogP contribution >= 0.6 is 0 Å². The van der Waals surface area contributed by atoms with Gasteiger partial charge in [-0.3, -0.25) is 0 Å². The molecule has 1 aliphatic heterocycles. The highest BCUT2D eigenvalue weighted by Gasteiger charge is 2.37. The lowest BCUT2D eigenvalue weighted by Crippen LogP contribution is -2.34. The quantitative estimate of drug-likeness (QED) is 0.489. The molecule has 0 amide bonds. The van der Waals surface area contributed by atoms with E-state index in [-0.39, 0.29) is 5.46 Å². The van der Waals surface area contributed by atoms with Crippen LogP contribution in [0, 0.1) is 5.95 Å². The molecule has 1 aromatic rings. The van der Waals surface area contributed by atoms with E-state index in [2.05, 4.69) is 18.1 Å². The third-order valence-corrected chi connectivity index (χ3v) is 1.85. The number of nitrogens with zero attached hydrogens (tertiary/aromatic N) is 1. The Morgan fingerprint density at radius 2 is 1.93 bits per heavy atom. The van der Waals surface area contributed by atoms with Crippen LogP contribution in [-0.2, 0) is 9.31 Å². The van der Waals surface area contributed by atoms with Crippen molar-refractivity contribution in [3.63, 3.8) is 0 Å². The molecule has 70 valence electrons. The molecule has 0 aliphatic carbocycles. The SMILES string of the molecule is C=C1OB(c2cccnc2F)OC1=C. The van der Waals surface area contributed by atoms with E-state index in [4.69, 9.17) is 9.31 Å². The Hall–Kier alpha value is -1.78. The molecule has 0 saturated carbocycles. The Balaban J connectivity index is 2.30. The number of rotatable bonds is 1. The maximum atomic E-state index is 13.2. The second-order valence-corrected chi connectivity index (χ2v) is 2.80. The third kappa shape index (κ3) is 1.37. The molecule has 3 nitrogen and oxygen atoms in total. The fraction of sp³-hybridized carbons (Fsp3) is 0. The van der Waals surface area contributed by atoms with Gasteiger partial charge in [0.05, 0.1) is 5.46 Å². The largest absolute Gasteiger partial charge is 0.637 e. The van der Waals surface area contributed by atoms with Crippen LogP contribution in [0.25, 0.3) is 0 Å². The number of halogens is 1. The molecule has 2 rings (SSSR count). The molecule has 2 heterocycles. The zero-order chi connectivity index (χ0) is 10.1. The number of aromatic nitrogens is 1. The highest BCUT2D eigenvalue weighted by molar-refractivity contribution is 6.62. The van der Waals surface area contributed by atoms with Crippen LogP contribution in [0.3, 0.4) is 0 Å². The Kier molecular flexibility index (Phi) is 2.00. The van der Waals surface area contributed by atoms with Crippen LogP contribution < -0.4 is 5.46 Å². The van der Waals surface area contributed by atoms with Gasteiger partial charge in [0, 0.05) is 6.20 Å². The second-order valence-electron chi connectivity index (χ2n) is 2.80. The molecule has 1 aliphatic rings. The van der Waals surface area contributed by atoms with Gasteiger partial charge in [0.1, 0.15) is 11.5 Å². The molecule has 0 N–H and O–H groups in total. The molecule has 5 heteroatoms. The lowest BCUT2D eigenvalue weighted by Gasteiger charge is -2.03. The number of pyridine rings is 1. The summed E-state index contributed by atoms with van der Waals surface area (Å²) in [6.07, 6.45) is 1.36. The molecule has 0 radical (unpaired) electrons. The summed E-state index contributed by atoms with van der Waals surface area (Å²) in [4.78, 5) is 3.49. The topological polar surface area (TPSA) is 31.4 Å². The minimum atomic E-state index is -0.816. The molecule has 1 fully saturated rings. The van der Waals surface area contributed by atoms with Gasteiger partial charge in [-0.05, 0) is 6.07 Å². The van der Waals surface area contributed by atoms with Crippen molar-refractivity contribution < 1.29 is 13.7 Å². The molecular formula is C9H7BFNO2. The molecule has 0 spiro atoms. The van der Waals surface area contributed by atoms with Crippen LogP contribution in [0.4, 0.5) is 4.39 Å². The summed E-state index contributed by atoms with van der Waals surface area (Å²) < 4.78 is 23.5. The van der Waals surface area contributed by atoms with Crippen LogP contribution in [0.5, 0.6) is 0 Å². The number of hydrogen-bond donors (Lipinski definition) is 0. The lowest BCUT2D eigenvalue weighted by molar-refractivity contribution is 0.427. The van der Waals surface area contributed by atoms with Crippen molar-refractivity contribution in [2.24, 2.45) is 0 Å². The predicted octanol–water partition coefficient (Wildman–Crippen LogP) is 0.990. The van der Waals surface area contributed by atoms with Crippen molar-refractivity contribution >= 4 is 12.6 Å². The third-order valence-electron chi connectivity index (χ3n) is 1.85. The normalized spacial score (nSPS) is 15.4. The van der Waals surface area contributed by atoms with E-state index in [1.165, 1.54) is 6.20 Å². The Morgan fingerprint density at radius 1 is 1.29 bits per heavy atom. The fourth-order valence-electron chi connectivity index (χ4n) is 1.12. The second kappa shape index (κ2) is 3.18. The van der Waals surface area contributed by atoms with E-state index in [0.717, 1.165) is 0 Å². The average Bonchev–Trinajstić information content (AvgIpc) is 2.48.